The normalized spacial score (nSPS) is 11.6. The highest BCUT2D eigenvalue weighted by molar-refractivity contribution is 5.87. The van der Waals surface area contributed by atoms with Gasteiger partial charge >= 0.3 is 0 Å². The molecule has 0 bridgehead atoms. The smallest absolute Gasteiger partial charge is 0.271 e. The molecule has 1 aromatic carbocycles. The molecule has 0 heterocycles. The summed E-state index contributed by atoms with van der Waals surface area (Å²) in [6, 6.07) is 5.33. The quantitative estimate of drug-likeness (QED) is 0.474. The number of carbonyl (C=O) groups excluding carboxylic acids is 1. The van der Waals surface area contributed by atoms with E-state index in [1.807, 2.05) is 13.8 Å². The van der Waals surface area contributed by atoms with Crippen molar-refractivity contribution in [3.05, 3.63) is 23.8 Å². The first-order valence-corrected chi connectivity index (χ1v) is 8.78. The van der Waals surface area contributed by atoms with E-state index in [-0.39, 0.29) is 0 Å². The molecule has 0 atom stereocenters. The van der Waals surface area contributed by atoms with E-state index in [0.29, 0.717) is 24.3 Å². The molecule has 25 heavy (non-hydrogen) atoms. The molecule has 1 amide bonds. The molecule has 0 saturated carbocycles. The monoisotopic (exact) mass is 350 g/mol. The van der Waals surface area contributed by atoms with Crippen molar-refractivity contribution in [1.82, 2.24) is 5.43 Å². The van der Waals surface area contributed by atoms with Crippen LogP contribution in [0.3, 0.4) is 0 Å². The lowest BCUT2D eigenvalue weighted by Gasteiger charge is -2.25. The Morgan fingerprint density at radius 1 is 1.16 bits per heavy atom. The van der Waals surface area contributed by atoms with E-state index in [2.05, 4.69) is 10.5 Å². The standard InChI is InChI=1S/C19H30N2O4/c1-5-7-11-19(23,12-8-6-2)18(22)21-20-14-15-9-10-16(24-3)17(13-15)25-4/h9-10,13-14,23H,5-8,11-12H2,1-4H3,(H,21,22). The Morgan fingerprint density at radius 2 is 1.76 bits per heavy atom. The molecule has 140 valence electrons. The van der Waals surface area contributed by atoms with Gasteiger partial charge in [0.1, 0.15) is 5.60 Å². The number of hydrogen-bond acceptors (Lipinski definition) is 5. The molecule has 1 rings (SSSR count). The molecule has 0 aliphatic carbocycles. The zero-order valence-electron chi connectivity index (χ0n) is 15.7. The van der Waals surface area contributed by atoms with E-state index in [4.69, 9.17) is 9.47 Å². The van der Waals surface area contributed by atoms with Crippen LogP contribution in [0.1, 0.15) is 57.9 Å². The second kappa shape index (κ2) is 10.7. The summed E-state index contributed by atoms with van der Waals surface area (Å²) in [6.07, 6.45) is 5.86. The fraction of sp³-hybridized carbons (Fsp3) is 0.579. The van der Waals surface area contributed by atoms with Crippen LogP contribution >= 0.6 is 0 Å². The Morgan fingerprint density at radius 3 is 2.28 bits per heavy atom. The van der Waals surface area contributed by atoms with Gasteiger partial charge in [0.2, 0.25) is 0 Å². The zero-order chi connectivity index (χ0) is 18.7. The van der Waals surface area contributed by atoms with Gasteiger partial charge in [-0.15, -0.1) is 0 Å². The Hall–Kier alpha value is -2.08. The molecule has 0 aliphatic rings. The minimum Gasteiger partial charge on any atom is -0.493 e. The van der Waals surface area contributed by atoms with Crippen molar-refractivity contribution in [3.63, 3.8) is 0 Å². The van der Waals surface area contributed by atoms with Gasteiger partial charge in [-0.25, -0.2) is 5.43 Å². The van der Waals surface area contributed by atoms with Gasteiger partial charge in [0.05, 0.1) is 20.4 Å². The number of aliphatic hydroxyl groups is 1. The average molecular weight is 350 g/mol. The minimum absolute atomic E-state index is 0.446. The third-order valence-electron chi connectivity index (χ3n) is 4.10. The van der Waals surface area contributed by atoms with E-state index in [1.54, 1.807) is 32.4 Å². The van der Waals surface area contributed by atoms with Gasteiger partial charge < -0.3 is 14.6 Å². The van der Waals surface area contributed by atoms with E-state index >= 15 is 0 Å². The summed E-state index contributed by atoms with van der Waals surface area (Å²) < 4.78 is 10.4. The predicted octanol–water partition coefficient (Wildman–Crippen LogP) is 3.27. The number of hydrazone groups is 1. The second-order valence-corrected chi connectivity index (χ2v) is 6.05. The summed E-state index contributed by atoms with van der Waals surface area (Å²) in [6.45, 7) is 4.07. The Labute approximate surface area is 150 Å². The van der Waals surface area contributed by atoms with Crippen molar-refractivity contribution in [2.75, 3.05) is 14.2 Å². The minimum atomic E-state index is -1.36. The Bertz CT molecular complexity index is 565. The topological polar surface area (TPSA) is 80.2 Å². The maximum Gasteiger partial charge on any atom is 0.271 e. The molecule has 0 aromatic heterocycles. The van der Waals surface area contributed by atoms with Crippen molar-refractivity contribution >= 4 is 12.1 Å². The fourth-order valence-electron chi connectivity index (χ4n) is 2.49. The van der Waals surface area contributed by atoms with Gasteiger partial charge in [-0.05, 0) is 36.6 Å². The lowest BCUT2D eigenvalue weighted by atomic mass is 9.90. The molecule has 2 N–H and O–H groups in total. The molecule has 0 fully saturated rings. The summed E-state index contributed by atoms with van der Waals surface area (Å²) in [7, 11) is 3.13. The molecule has 6 heteroatoms. The number of amides is 1. The highest BCUT2D eigenvalue weighted by Crippen LogP contribution is 2.27. The van der Waals surface area contributed by atoms with Crippen LogP contribution < -0.4 is 14.9 Å². The van der Waals surface area contributed by atoms with Crippen LogP contribution in [-0.2, 0) is 4.79 Å². The van der Waals surface area contributed by atoms with E-state index in [0.717, 1.165) is 31.2 Å². The van der Waals surface area contributed by atoms with Gasteiger partial charge in [-0.2, -0.15) is 5.10 Å². The van der Waals surface area contributed by atoms with Crippen LogP contribution in [0.4, 0.5) is 0 Å². The number of rotatable bonds is 11. The molecule has 6 nitrogen and oxygen atoms in total. The predicted molar refractivity (Wildman–Crippen MR) is 99.3 cm³/mol. The Kier molecular flexibility index (Phi) is 8.99. The first kappa shape index (κ1) is 21.0. The van der Waals surface area contributed by atoms with Gasteiger partial charge in [0.15, 0.2) is 11.5 Å². The van der Waals surface area contributed by atoms with Crippen molar-refractivity contribution in [3.8, 4) is 11.5 Å². The number of benzene rings is 1. The van der Waals surface area contributed by atoms with E-state index < -0.39 is 11.5 Å². The van der Waals surface area contributed by atoms with Crippen LogP contribution in [0, 0.1) is 0 Å². The molecule has 0 spiro atoms. The summed E-state index contributed by atoms with van der Waals surface area (Å²) in [5, 5.41) is 14.6. The van der Waals surface area contributed by atoms with Crippen molar-refractivity contribution in [1.29, 1.82) is 0 Å². The highest BCUT2D eigenvalue weighted by atomic mass is 16.5. The van der Waals surface area contributed by atoms with Gasteiger partial charge in [-0.1, -0.05) is 39.5 Å². The second-order valence-electron chi connectivity index (χ2n) is 6.05. The number of hydrogen-bond donors (Lipinski definition) is 2. The maximum absolute atomic E-state index is 12.4. The number of unbranched alkanes of at least 4 members (excludes halogenated alkanes) is 2. The lowest BCUT2D eigenvalue weighted by molar-refractivity contribution is -0.141. The maximum atomic E-state index is 12.4. The molecule has 0 aliphatic heterocycles. The highest BCUT2D eigenvalue weighted by Gasteiger charge is 2.34. The summed E-state index contributed by atoms with van der Waals surface area (Å²) in [4.78, 5) is 12.4. The van der Waals surface area contributed by atoms with E-state index in [9.17, 15) is 9.90 Å². The SMILES string of the molecule is CCCCC(O)(CCCC)C(=O)NN=Cc1ccc(OC)c(OC)c1. The van der Waals surface area contributed by atoms with Crippen LogP contribution in [0.15, 0.2) is 23.3 Å². The number of carbonyl (C=O) groups is 1. The van der Waals surface area contributed by atoms with Crippen LogP contribution in [-0.4, -0.2) is 37.0 Å². The van der Waals surface area contributed by atoms with Gasteiger partial charge in [-0.3, -0.25) is 4.79 Å². The molecular weight excluding hydrogens is 320 g/mol. The molecule has 0 saturated heterocycles. The van der Waals surface area contributed by atoms with Crippen molar-refractivity contribution in [2.45, 2.75) is 58.0 Å². The number of nitrogens with zero attached hydrogens (tertiary/aromatic N) is 1. The lowest BCUT2D eigenvalue weighted by Crippen LogP contribution is -2.45. The third-order valence-corrected chi connectivity index (χ3v) is 4.10. The van der Waals surface area contributed by atoms with E-state index in [1.165, 1.54) is 6.21 Å². The fourth-order valence-corrected chi connectivity index (χ4v) is 2.49. The molecule has 0 radical (unpaired) electrons. The van der Waals surface area contributed by atoms with Crippen LogP contribution in [0.25, 0.3) is 0 Å². The van der Waals surface area contributed by atoms with Crippen LogP contribution in [0.5, 0.6) is 11.5 Å². The Balaban J connectivity index is 2.76. The van der Waals surface area contributed by atoms with Crippen LogP contribution in [0.2, 0.25) is 0 Å². The third kappa shape index (κ3) is 6.38. The molecular formula is C19H30N2O4. The number of ether oxygens (including phenoxy) is 2. The summed E-state index contributed by atoms with van der Waals surface area (Å²) in [5.74, 6) is 0.753. The first-order valence-electron chi connectivity index (χ1n) is 8.78. The molecule has 0 unspecified atom stereocenters. The molecule has 1 aromatic rings. The van der Waals surface area contributed by atoms with Gasteiger partial charge in [0, 0.05) is 0 Å². The summed E-state index contributed by atoms with van der Waals surface area (Å²) >= 11 is 0. The number of methoxy groups -OCH3 is 2. The average Bonchev–Trinajstić information content (AvgIpc) is 2.64. The number of nitrogens with one attached hydrogen (secondary N) is 1. The van der Waals surface area contributed by atoms with Crippen molar-refractivity contribution < 1.29 is 19.4 Å². The zero-order valence-corrected chi connectivity index (χ0v) is 15.7. The first-order chi connectivity index (χ1) is 12.0. The summed E-state index contributed by atoms with van der Waals surface area (Å²) in [5.41, 5.74) is 1.86. The van der Waals surface area contributed by atoms with Gasteiger partial charge in [0.25, 0.3) is 5.91 Å². The van der Waals surface area contributed by atoms with Crippen molar-refractivity contribution in [2.24, 2.45) is 5.10 Å². The largest absolute Gasteiger partial charge is 0.493 e.